The van der Waals surface area contributed by atoms with Gasteiger partial charge in [-0.05, 0) is 24.6 Å². The maximum atomic E-state index is 12.1. The summed E-state index contributed by atoms with van der Waals surface area (Å²) in [5.41, 5.74) is 0.873. The van der Waals surface area contributed by atoms with Gasteiger partial charge in [0.1, 0.15) is 17.4 Å². The van der Waals surface area contributed by atoms with E-state index in [0.29, 0.717) is 13.1 Å². The lowest BCUT2D eigenvalue weighted by Gasteiger charge is -2.14. The SMILES string of the molecule is COc1ccc(C(C)NC(=O)/C(C#N)=C\NCCNC(C)=O)cc1. The van der Waals surface area contributed by atoms with Crippen molar-refractivity contribution in [2.45, 2.75) is 19.9 Å². The molecule has 3 N–H and O–H groups in total. The predicted molar refractivity (Wildman–Crippen MR) is 89.9 cm³/mol. The minimum absolute atomic E-state index is 0.0295. The zero-order valence-electron chi connectivity index (χ0n) is 14.1. The number of nitrogens with zero attached hydrogens (tertiary/aromatic N) is 1. The van der Waals surface area contributed by atoms with Gasteiger partial charge >= 0.3 is 0 Å². The number of nitrogens with one attached hydrogen (secondary N) is 3. The van der Waals surface area contributed by atoms with Crippen LogP contribution in [0.3, 0.4) is 0 Å². The Balaban J connectivity index is 2.56. The Morgan fingerprint density at radius 3 is 2.50 bits per heavy atom. The van der Waals surface area contributed by atoms with Crippen LogP contribution < -0.4 is 20.7 Å². The molecule has 1 aromatic rings. The van der Waals surface area contributed by atoms with Crippen LogP contribution in [0.2, 0.25) is 0 Å². The van der Waals surface area contributed by atoms with E-state index in [2.05, 4.69) is 16.0 Å². The fraction of sp³-hybridized carbons (Fsp3) is 0.353. The van der Waals surface area contributed by atoms with Crippen molar-refractivity contribution in [1.82, 2.24) is 16.0 Å². The monoisotopic (exact) mass is 330 g/mol. The highest BCUT2D eigenvalue weighted by Crippen LogP contribution is 2.17. The molecule has 0 aliphatic heterocycles. The molecule has 1 unspecified atom stereocenters. The predicted octanol–water partition coefficient (Wildman–Crippen LogP) is 1.01. The number of carbonyl (C=O) groups is 2. The van der Waals surface area contributed by atoms with Crippen molar-refractivity contribution in [2.24, 2.45) is 0 Å². The molecule has 0 spiro atoms. The molecule has 0 bridgehead atoms. The molecule has 0 aromatic heterocycles. The number of nitriles is 1. The fourth-order valence-corrected chi connectivity index (χ4v) is 1.88. The third kappa shape index (κ3) is 6.40. The highest BCUT2D eigenvalue weighted by Gasteiger charge is 2.13. The lowest BCUT2D eigenvalue weighted by atomic mass is 10.1. The summed E-state index contributed by atoms with van der Waals surface area (Å²) >= 11 is 0. The van der Waals surface area contributed by atoms with E-state index < -0.39 is 5.91 Å². The van der Waals surface area contributed by atoms with Crippen LogP contribution >= 0.6 is 0 Å². The Kier molecular flexibility index (Phi) is 7.85. The first-order valence-corrected chi connectivity index (χ1v) is 7.50. The molecular formula is C17H22N4O3. The molecule has 0 heterocycles. The normalized spacial score (nSPS) is 11.8. The van der Waals surface area contributed by atoms with Gasteiger partial charge in [0, 0.05) is 26.2 Å². The van der Waals surface area contributed by atoms with Crippen LogP contribution in [0, 0.1) is 11.3 Å². The average Bonchev–Trinajstić information content (AvgIpc) is 2.57. The Morgan fingerprint density at radius 1 is 1.29 bits per heavy atom. The van der Waals surface area contributed by atoms with E-state index in [-0.39, 0.29) is 17.5 Å². The molecule has 7 heteroatoms. The maximum absolute atomic E-state index is 12.1. The quantitative estimate of drug-likeness (QED) is 0.375. The van der Waals surface area contributed by atoms with Gasteiger partial charge in [0.15, 0.2) is 0 Å². The first kappa shape index (κ1) is 19.0. The largest absolute Gasteiger partial charge is 0.497 e. The average molecular weight is 330 g/mol. The Bertz CT molecular complexity index is 632. The van der Waals surface area contributed by atoms with Crippen LogP contribution in [0.1, 0.15) is 25.5 Å². The van der Waals surface area contributed by atoms with Crippen LogP contribution in [0.5, 0.6) is 5.75 Å². The number of methoxy groups -OCH3 is 1. The molecule has 2 amide bonds. The molecule has 1 aromatic carbocycles. The molecule has 1 rings (SSSR count). The number of carbonyl (C=O) groups excluding carboxylic acids is 2. The lowest BCUT2D eigenvalue weighted by Crippen LogP contribution is -2.30. The zero-order chi connectivity index (χ0) is 17.9. The first-order chi connectivity index (χ1) is 11.5. The molecular weight excluding hydrogens is 308 g/mol. The summed E-state index contributed by atoms with van der Waals surface area (Å²) in [7, 11) is 1.59. The summed E-state index contributed by atoms with van der Waals surface area (Å²) in [5, 5.41) is 17.3. The van der Waals surface area contributed by atoms with Gasteiger partial charge in [-0.15, -0.1) is 0 Å². The van der Waals surface area contributed by atoms with Gasteiger partial charge in [0.05, 0.1) is 13.2 Å². The van der Waals surface area contributed by atoms with Gasteiger partial charge in [-0.2, -0.15) is 5.26 Å². The van der Waals surface area contributed by atoms with Crippen molar-refractivity contribution in [1.29, 1.82) is 5.26 Å². The second-order valence-electron chi connectivity index (χ2n) is 5.08. The zero-order valence-corrected chi connectivity index (χ0v) is 14.1. The van der Waals surface area contributed by atoms with E-state index in [1.165, 1.54) is 13.1 Å². The van der Waals surface area contributed by atoms with Crippen LogP contribution in [0.15, 0.2) is 36.0 Å². The summed E-state index contributed by atoms with van der Waals surface area (Å²) in [6, 6.07) is 8.93. The Morgan fingerprint density at radius 2 is 1.96 bits per heavy atom. The molecule has 1 atom stereocenters. The van der Waals surface area contributed by atoms with Gasteiger partial charge < -0.3 is 20.7 Å². The third-order valence-electron chi connectivity index (χ3n) is 3.22. The standard InChI is InChI=1S/C17H22N4O3/c1-12(14-4-6-16(24-3)7-5-14)21-17(23)15(10-18)11-19-8-9-20-13(2)22/h4-7,11-12,19H,8-9H2,1-3H3,(H,20,22)(H,21,23)/b15-11-. The van der Waals surface area contributed by atoms with E-state index in [1.54, 1.807) is 7.11 Å². The summed E-state index contributed by atoms with van der Waals surface area (Å²) in [4.78, 5) is 22.8. The van der Waals surface area contributed by atoms with Crippen molar-refractivity contribution in [3.05, 3.63) is 41.6 Å². The lowest BCUT2D eigenvalue weighted by molar-refractivity contribution is -0.119. The Hall–Kier alpha value is -3.01. The first-order valence-electron chi connectivity index (χ1n) is 7.50. The number of hydrogen-bond donors (Lipinski definition) is 3. The molecule has 0 saturated carbocycles. The smallest absolute Gasteiger partial charge is 0.263 e. The van der Waals surface area contributed by atoms with E-state index in [9.17, 15) is 9.59 Å². The van der Waals surface area contributed by atoms with Crippen molar-refractivity contribution in [3.8, 4) is 11.8 Å². The van der Waals surface area contributed by atoms with Crippen LogP contribution in [0.25, 0.3) is 0 Å². The van der Waals surface area contributed by atoms with Crippen LogP contribution in [0.4, 0.5) is 0 Å². The van der Waals surface area contributed by atoms with E-state index in [1.807, 2.05) is 37.3 Å². The van der Waals surface area contributed by atoms with Crippen LogP contribution in [-0.4, -0.2) is 32.0 Å². The van der Waals surface area contributed by atoms with Gasteiger partial charge in [-0.25, -0.2) is 0 Å². The van der Waals surface area contributed by atoms with Crippen molar-refractivity contribution < 1.29 is 14.3 Å². The molecule has 0 radical (unpaired) electrons. The summed E-state index contributed by atoms with van der Waals surface area (Å²) in [5.74, 6) is 0.137. The highest BCUT2D eigenvalue weighted by molar-refractivity contribution is 5.97. The number of benzene rings is 1. The van der Waals surface area contributed by atoms with Gasteiger partial charge in [-0.1, -0.05) is 12.1 Å². The van der Waals surface area contributed by atoms with E-state index >= 15 is 0 Å². The number of amides is 2. The third-order valence-corrected chi connectivity index (χ3v) is 3.22. The molecule has 7 nitrogen and oxygen atoms in total. The fourth-order valence-electron chi connectivity index (χ4n) is 1.88. The minimum atomic E-state index is -0.465. The van der Waals surface area contributed by atoms with Crippen LogP contribution in [-0.2, 0) is 9.59 Å². The summed E-state index contributed by atoms with van der Waals surface area (Å²) in [6.45, 7) is 4.09. The van der Waals surface area contributed by atoms with Crippen molar-refractivity contribution in [2.75, 3.05) is 20.2 Å². The van der Waals surface area contributed by atoms with Gasteiger partial charge in [0.25, 0.3) is 5.91 Å². The summed E-state index contributed by atoms with van der Waals surface area (Å²) < 4.78 is 5.09. The molecule has 0 aliphatic carbocycles. The molecule has 0 fully saturated rings. The van der Waals surface area contributed by atoms with Gasteiger partial charge in [-0.3, -0.25) is 9.59 Å². The second kappa shape index (κ2) is 9.90. The maximum Gasteiger partial charge on any atom is 0.263 e. The number of rotatable bonds is 8. The van der Waals surface area contributed by atoms with E-state index in [4.69, 9.17) is 10.00 Å². The molecule has 24 heavy (non-hydrogen) atoms. The van der Waals surface area contributed by atoms with Gasteiger partial charge in [0.2, 0.25) is 5.91 Å². The summed E-state index contributed by atoms with van der Waals surface area (Å²) in [6.07, 6.45) is 1.35. The highest BCUT2D eigenvalue weighted by atomic mass is 16.5. The van der Waals surface area contributed by atoms with Crippen molar-refractivity contribution in [3.63, 3.8) is 0 Å². The second-order valence-corrected chi connectivity index (χ2v) is 5.08. The Labute approximate surface area is 141 Å². The number of hydrogen-bond acceptors (Lipinski definition) is 5. The molecule has 0 saturated heterocycles. The minimum Gasteiger partial charge on any atom is -0.497 e. The molecule has 128 valence electrons. The number of ether oxygens (including phenoxy) is 1. The van der Waals surface area contributed by atoms with Crippen molar-refractivity contribution >= 4 is 11.8 Å². The van der Waals surface area contributed by atoms with E-state index in [0.717, 1.165) is 11.3 Å². The topological polar surface area (TPSA) is 103 Å². The molecule has 0 aliphatic rings.